The first-order chi connectivity index (χ1) is 14.1. The van der Waals surface area contributed by atoms with E-state index in [9.17, 15) is 24.9 Å². The molecular weight excluding hydrogens is 388 g/mol. The van der Waals surface area contributed by atoms with E-state index < -0.39 is 41.3 Å². The fourth-order valence-electron chi connectivity index (χ4n) is 4.93. The summed E-state index contributed by atoms with van der Waals surface area (Å²) in [6, 6.07) is 0. The van der Waals surface area contributed by atoms with Crippen LogP contribution in [0, 0.1) is 34.5 Å². The highest BCUT2D eigenvalue weighted by Gasteiger charge is 2.61. The molecule has 0 amide bonds. The molecule has 0 aliphatic heterocycles. The summed E-state index contributed by atoms with van der Waals surface area (Å²) in [4.78, 5) is 39.6. The number of carbonyl (C=O) groups is 3. The number of carbonyl (C=O) groups excluding carboxylic acids is 3. The Balaban J connectivity index is 2.21. The van der Waals surface area contributed by atoms with Gasteiger partial charge in [-0.1, -0.05) is 26.3 Å². The van der Waals surface area contributed by atoms with Gasteiger partial charge in [0, 0.05) is 31.1 Å². The Labute approximate surface area is 176 Å². The molecule has 2 aliphatic rings. The van der Waals surface area contributed by atoms with Crippen molar-refractivity contribution < 1.29 is 29.0 Å². The number of ether oxygens (including phenoxy) is 2. The third-order valence-electron chi connectivity index (χ3n) is 6.46. The standard InChI is InChI=1S/C22H30N2O6/c1-6-15-18(22(15,4)5)17(30-12(3)25)11-16(26)13-9-8-10-14(13)20(27)19(24-23)21(28)29-7-2/h6,13-15,17-18H,1,7-11H2,2-5H3/p+1/t13-,14-,15-,17-,18-/m0/s1. The lowest BCUT2D eigenvalue weighted by Crippen LogP contribution is -2.30. The van der Waals surface area contributed by atoms with Gasteiger partial charge in [0.15, 0.2) is 4.98 Å². The van der Waals surface area contributed by atoms with E-state index in [1.165, 1.54) is 6.92 Å². The van der Waals surface area contributed by atoms with Gasteiger partial charge in [0.1, 0.15) is 11.9 Å². The molecule has 0 bridgehead atoms. The van der Waals surface area contributed by atoms with Crippen LogP contribution in [0.3, 0.4) is 0 Å². The number of Topliss-reactive ketones (excluding diaryl/α,β-unsaturated/α-hetero) is 1. The second-order valence-electron chi connectivity index (χ2n) is 8.63. The minimum absolute atomic E-state index is 0.00521. The predicted molar refractivity (Wildman–Crippen MR) is 108 cm³/mol. The highest BCUT2D eigenvalue weighted by Crippen LogP contribution is 2.61. The lowest BCUT2D eigenvalue weighted by molar-refractivity contribution is -0.150. The molecule has 1 N–H and O–H groups in total. The van der Waals surface area contributed by atoms with Gasteiger partial charge in [-0.15, -0.1) is 6.58 Å². The minimum Gasteiger partial charge on any atom is -0.505 e. The highest BCUT2D eigenvalue weighted by atomic mass is 16.5. The first-order valence-corrected chi connectivity index (χ1v) is 10.4. The Hall–Kier alpha value is -2.69. The molecule has 0 radical (unpaired) electrons. The number of aliphatic hydroxyl groups excluding tert-OH is 1. The molecule has 2 saturated carbocycles. The van der Waals surface area contributed by atoms with Crippen molar-refractivity contribution in [2.45, 2.75) is 59.5 Å². The van der Waals surface area contributed by atoms with E-state index in [-0.39, 0.29) is 36.1 Å². The summed E-state index contributed by atoms with van der Waals surface area (Å²) in [5.74, 6) is -3.05. The molecule has 0 aromatic rings. The van der Waals surface area contributed by atoms with E-state index >= 15 is 0 Å². The maximum Gasteiger partial charge on any atom is 0.505 e. The van der Waals surface area contributed by atoms with Crippen molar-refractivity contribution in [3.63, 3.8) is 0 Å². The lowest BCUT2D eigenvalue weighted by atomic mass is 9.86. The first-order valence-electron chi connectivity index (χ1n) is 10.4. The smallest absolute Gasteiger partial charge is 0.505 e. The summed E-state index contributed by atoms with van der Waals surface area (Å²) in [5.41, 5.74) is -0.695. The monoisotopic (exact) mass is 419 g/mol. The quantitative estimate of drug-likeness (QED) is 0.198. The fourth-order valence-corrected chi connectivity index (χ4v) is 4.93. The zero-order chi connectivity index (χ0) is 22.6. The molecule has 164 valence electrons. The number of aliphatic hydroxyl groups is 1. The van der Waals surface area contributed by atoms with E-state index in [1.807, 2.05) is 19.9 Å². The van der Waals surface area contributed by atoms with Crippen LogP contribution < -0.4 is 0 Å². The molecule has 8 heteroatoms. The lowest BCUT2D eigenvalue weighted by Gasteiger charge is -2.22. The van der Waals surface area contributed by atoms with E-state index in [0.29, 0.717) is 19.3 Å². The fraction of sp³-hybridized carbons (Fsp3) is 0.682. The zero-order valence-corrected chi connectivity index (χ0v) is 18.1. The number of diazo groups is 1. The Morgan fingerprint density at radius 3 is 2.43 bits per heavy atom. The van der Waals surface area contributed by atoms with Crippen LogP contribution in [0.1, 0.15) is 53.4 Å². The number of hydrogen-bond donors (Lipinski definition) is 1. The van der Waals surface area contributed by atoms with Gasteiger partial charge in [-0.25, -0.2) is 4.79 Å². The highest BCUT2D eigenvalue weighted by molar-refractivity contribution is 5.91. The van der Waals surface area contributed by atoms with Gasteiger partial charge < -0.3 is 14.6 Å². The molecule has 0 aromatic carbocycles. The van der Waals surface area contributed by atoms with E-state index in [0.717, 1.165) is 0 Å². The summed E-state index contributed by atoms with van der Waals surface area (Å²) in [6.07, 6.45) is 2.95. The second kappa shape index (κ2) is 9.41. The number of rotatable bonds is 9. The molecule has 2 fully saturated rings. The number of allylic oxidation sites excluding steroid dienone is 2. The average Bonchev–Trinajstić information content (AvgIpc) is 3.01. The van der Waals surface area contributed by atoms with Crippen LogP contribution in [0.25, 0.3) is 4.98 Å². The summed E-state index contributed by atoms with van der Waals surface area (Å²) >= 11 is 0. The number of esters is 2. The number of ketones is 1. The van der Waals surface area contributed by atoms with Crippen molar-refractivity contribution in [2.75, 3.05) is 6.61 Å². The first kappa shape index (κ1) is 23.6. The van der Waals surface area contributed by atoms with Crippen molar-refractivity contribution in [3.8, 4) is 0 Å². The average molecular weight is 419 g/mol. The third-order valence-corrected chi connectivity index (χ3v) is 6.46. The molecule has 0 saturated heterocycles. The minimum atomic E-state index is -0.943. The van der Waals surface area contributed by atoms with Gasteiger partial charge in [-0.3, -0.25) is 9.59 Å². The zero-order valence-electron chi connectivity index (χ0n) is 18.1. The largest absolute Gasteiger partial charge is 0.505 e. The summed E-state index contributed by atoms with van der Waals surface area (Å²) < 4.78 is 10.3. The molecule has 2 aliphatic carbocycles. The van der Waals surface area contributed by atoms with E-state index in [1.54, 1.807) is 6.92 Å². The van der Waals surface area contributed by atoms with Crippen molar-refractivity contribution in [1.82, 2.24) is 0 Å². The SMILES string of the molecule is C=C[C@H]1[C@@H]([C@H](CC(=O)[C@H]2CCC[C@@H]2/C(O)=C(\[N+]#N)C(=O)OCC)OC(C)=O)C1(C)C. The molecule has 5 atom stereocenters. The topological polar surface area (TPSA) is 118 Å². The van der Waals surface area contributed by atoms with Crippen LogP contribution in [0.5, 0.6) is 0 Å². The summed E-state index contributed by atoms with van der Waals surface area (Å²) in [6.45, 7) is 10.9. The molecule has 0 unspecified atom stereocenters. The van der Waals surface area contributed by atoms with Gasteiger partial charge in [0.05, 0.1) is 6.61 Å². The molecule has 0 aromatic heterocycles. The normalized spacial score (nSPS) is 28.5. The van der Waals surface area contributed by atoms with Crippen molar-refractivity contribution in [3.05, 3.63) is 29.1 Å². The van der Waals surface area contributed by atoms with Gasteiger partial charge >= 0.3 is 17.6 Å². The van der Waals surface area contributed by atoms with Crippen LogP contribution in [-0.4, -0.2) is 35.5 Å². The number of hydrogen-bond acceptors (Lipinski definition) is 7. The van der Waals surface area contributed by atoms with Gasteiger partial charge in [0.2, 0.25) is 11.2 Å². The molecule has 2 rings (SSSR count). The summed E-state index contributed by atoms with van der Waals surface area (Å²) in [5, 5.41) is 19.7. The van der Waals surface area contributed by atoms with Crippen molar-refractivity contribution in [2.24, 2.45) is 29.1 Å². The Morgan fingerprint density at radius 1 is 1.30 bits per heavy atom. The number of nitrogens with zero attached hydrogens (tertiary/aromatic N) is 2. The Kier molecular flexibility index (Phi) is 7.40. The van der Waals surface area contributed by atoms with Crippen LogP contribution in [0.15, 0.2) is 24.1 Å². The van der Waals surface area contributed by atoms with Crippen LogP contribution in [0.4, 0.5) is 0 Å². The maximum atomic E-state index is 13.1. The van der Waals surface area contributed by atoms with Crippen LogP contribution in [0.2, 0.25) is 0 Å². The van der Waals surface area contributed by atoms with Gasteiger partial charge in [-0.05, 0) is 31.1 Å². The second-order valence-corrected chi connectivity index (χ2v) is 8.63. The Morgan fingerprint density at radius 2 is 1.93 bits per heavy atom. The van der Waals surface area contributed by atoms with Gasteiger partial charge in [-0.2, -0.15) is 0 Å². The molecule has 0 spiro atoms. The van der Waals surface area contributed by atoms with Crippen LogP contribution in [-0.2, 0) is 23.9 Å². The van der Waals surface area contributed by atoms with Crippen LogP contribution >= 0.6 is 0 Å². The third kappa shape index (κ3) is 4.72. The molecule has 30 heavy (non-hydrogen) atoms. The van der Waals surface area contributed by atoms with E-state index in [4.69, 9.17) is 9.47 Å². The van der Waals surface area contributed by atoms with E-state index in [2.05, 4.69) is 11.6 Å². The van der Waals surface area contributed by atoms with Crippen molar-refractivity contribution in [1.29, 1.82) is 5.39 Å². The molecular formula is C22H31N2O6+. The predicted octanol–water partition coefficient (Wildman–Crippen LogP) is 3.94. The Bertz CT molecular complexity index is 794. The summed E-state index contributed by atoms with van der Waals surface area (Å²) in [7, 11) is 0. The molecule has 0 heterocycles. The van der Waals surface area contributed by atoms with Crippen molar-refractivity contribution >= 4 is 17.7 Å². The molecule has 8 nitrogen and oxygen atoms in total. The van der Waals surface area contributed by atoms with Gasteiger partial charge in [0.25, 0.3) is 0 Å². The maximum absolute atomic E-state index is 13.1.